The predicted octanol–water partition coefficient (Wildman–Crippen LogP) is 1.92. The molecular weight excluding hydrogens is 368 g/mol. The highest BCUT2D eigenvalue weighted by Crippen LogP contribution is 2.34. The number of hydrazone groups is 1. The van der Waals surface area contributed by atoms with Crippen molar-refractivity contribution in [3.05, 3.63) is 34.4 Å². The average Bonchev–Trinajstić information content (AvgIpc) is 3.24. The molecule has 2 aromatic rings. The molecule has 0 aromatic carbocycles. The molecule has 11 heteroatoms. The van der Waals surface area contributed by atoms with Crippen LogP contribution in [0.4, 0.5) is 5.69 Å². The van der Waals surface area contributed by atoms with Gasteiger partial charge in [-0.2, -0.15) is 15.6 Å². The van der Waals surface area contributed by atoms with E-state index in [2.05, 4.69) is 15.3 Å². The van der Waals surface area contributed by atoms with Gasteiger partial charge in [0.15, 0.2) is 9.84 Å². The van der Waals surface area contributed by atoms with Gasteiger partial charge in [0.05, 0.1) is 13.4 Å². The lowest BCUT2D eigenvalue weighted by atomic mass is 10.4. The number of thiophene rings is 1. The normalized spacial score (nSPS) is 10.4. The second-order valence-electron chi connectivity index (χ2n) is 4.43. The first kappa shape index (κ1) is 18.2. The molecule has 0 unspecified atom stereocenters. The molecule has 1 N–H and O–H groups in total. The molecule has 0 saturated carbocycles. The third-order valence-electron chi connectivity index (χ3n) is 2.87. The monoisotopic (exact) mass is 378 g/mol. The third kappa shape index (κ3) is 4.03. The number of hydrogen-bond acceptors (Lipinski definition) is 10. The Morgan fingerprint density at radius 1 is 1.44 bits per heavy atom. The number of carbonyl (C=O) groups is 1. The minimum atomic E-state index is -3.88. The summed E-state index contributed by atoms with van der Waals surface area (Å²) >= 11 is 0.833. The fourth-order valence-corrected chi connectivity index (χ4v) is 4.51. The van der Waals surface area contributed by atoms with Gasteiger partial charge in [-0.05, 0) is 12.1 Å². The van der Waals surface area contributed by atoms with E-state index in [1.807, 2.05) is 0 Å². The highest BCUT2D eigenvalue weighted by atomic mass is 32.2. The Morgan fingerprint density at radius 3 is 2.72 bits per heavy atom. The lowest BCUT2D eigenvalue weighted by Crippen LogP contribution is -2.09. The SMILES string of the molecule is COC(=O)c1scc(S(=O)(=O)Cc2ccco2)c1NN=C(C#N)C#N. The first-order chi connectivity index (χ1) is 11.9. The minimum Gasteiger partial charge on any atom is -0.468 e. The molecule has 0 aliphatic heterocycles. The molecule has 2 rings (SSSR count). The molecule has 9 nitrogen and oxygen atoms in total. The van der Waals surface area contributed by atoms with E-state index in [1.165, 1.54) is 29.8 Å². The lowest BCUT2D eigenvalue weighted by Gasteiger charge is -2.06. The van der Waals surface area contributed by atoms with Gasteiger partial charge in [-0.15, -0.1) is 11.3 Å². The van der Waals surface area contributed by atoms with Gasteiger partial charge in [0.25, 0.3) is 0 Å². The second-order valence-corrected chi connectivity index (χ2v) is 7.27. The zero-order valence-corrected chi connectivity index (χ0v) is 14.3. The number of carbonyl (C=O) groups excluding carboxylic acids is 1. The number of ether oxygens (including phenoxy) is 1. The van der Waals surface area contributed by atoms with Crippen molar-refractivity contribution in [2.75, 3.05) is 12.5 Å². The van der Waals surface area contributed by atoms with E-state index < -0.39 is 27.3 Å². The maximum absolute atomic E-state index is 12.6. The van der Waals surface area contributed by atoms with E-state index in [4.69, 9.17) is 14.9 Å². The molecule has 0 saturated heterocycles. The molecule has 2 heterocycles. The molecule has 0 aliphatic carbocycles. The maximum atomic E-state index is 12.6. The lowest BCUT2D eigenvalue weighted by molar-refractivity contribution is 0.0607. The average molecular weight is 378 g/mol. The summed E-state index contributed by atoms with van der Waals surface area (Å²) in [7, 11) is -2.74. The first-order valence-corrected chi connectivity index (χ1v) is 9.05. The molecule has 128 valence electrons. The van der Waals surface area contributed by atoms with E-state index in [0.29, 0.717) is 0 Å². The standard InChI is InChI=1S/C14H10N4O5S2/c1-22-14(19)13-12(18-17-9(5-15)6-16)11(7-24-13)25(20,21)8-10-3-2-4-23-10/h2-4,7,18H,8H2,1H3. The zero-order valence-electron chi connectivity index (χ0n) is 12.7. The highest BCUT2D eigenvalue weighted by Gasteiger charge is 2.28. The maximum Gasteiger partial charge on any atom is 0.350 e. The van der Waals surface area contributed by atoms with Crippen LogP contribution >= 0.6 is 11.3 Å². The Bertz CT molecular complexity index is 975. The minimum absolute atomic E-state index is 0.0560. The van der Waals surface area contributed by atoms with Gasteiger partial charge in [-0.1, -0.05) is 0 Å². The number of hydrogen-bond donors (Lipinski definition) is 1. The summed E-state index contributed by atoms with van der Waals surface area (Å²) in [6.07, 6.45) is 1.34. The number of rotatable bonds is 6. The molecule has 25 heavy (non-hydrogen) atoms. The number of nitriles is 2. The fourth-order valence-electron chi connectivity index (χ4n) is 1.77. The Balaban J connectivity index is 2.49. The molecular formula is C14H10N4O5S2. The Hall–Kier alpha value is -3.15. The number of sulfone groups is 1. The molecule has 0 atom stereocenters. The van der Waals surface area contributed by atoms with Crippen LogP contribution in [0, 0.1) is 22.7 Å². The second kappa shape index (κ2) is 7.61. The van der Waals surface area contributed by atoms with Crippen molar-refractivity contribution < 1.29 is 22.4 Å². The summed E-state index contributed by atoms with van der Waals surface area (Å²) in [5.74, 6) is -0.994. The Labute approximate surface area is 146 Å². The zero-order chi connectivity index (χ0) is 18.4. The van der Waals surface area contributed by atoms with E-state index >= 15 is 0 Å². The number of nitrogens with one attached hydrogen (secondary N) is 1. The molecule has 2 aromatic heterocycles. The summed E-state index contributed by atoms with van der Waals surface area (Å²) in [5.41, 5.74) is 1.62. The molecule has 0 amide bonds. The van der Waals surface area contributed by atoms with Crippen molar-refractivity contribution >= 4 is 38.5 Å². The molecule has 0 bridgehead atoms. The van der Waals surface area contributed by atoms with Crippen LogP contribution in [-0.2, 0) is 20.3 Å². The van der Waals surface area contributed by atoms with E-state index in [0.717, 1.165) is 18.4 Å². The first-order valence-electron chi connectivity index (χ1n) is 6.51. The van der Waals surface area contributed by atoms with Gasteiger partial charge in [0, 0.05) is 5.38 Å². The number of nitrogens with zero attached hydrogens (tertiary/aromatic N) is 3. The van der Waals surface area contributed by atoms with E-state index in [1.54, 1.807) is 6.07 Å². The molecule has 0 radical (unpaired) electrons. The summed E-state index contributed by atoms with van der Waals surface area (Å²) in [6.45, 7) is 0. The number of furan rings is 1. The Kier molecular flexibility index (Phi) is 5.54. The van der Waals surface area contributed by atoms with Crippen molar-refractivity contribution in [1.82, 2.24) is 0 Å². The summed E-state index contributed by atoms with van der Waals surface area (Å²) in [5, 5.41) is 22.2. The van der Waals surface area contributed by atoms with Gasteiger partial charge in [0.2, 0.25) is 5.71 Å². The van der Waals surface area contributed by atoms with Gasteiger partial charge in [-0.25, -0.2) is 13.2 Å². The largest absolute Gasteiger partial charge is 0.468 e. The quantitative estimate of drug-likeness (QED) is 0.456. The van der Waals surface area contributed by atoms with Crippen molar-refractivity contribution in [3.63, 3.8) is 0 Å². The number of esters is 1. The van der Waals surface area contributed by atoms with E-state index in [-0.39, 0.29) is 21.2 Å². The number of anilines is 1. The highest BCUT2D eigenvalue weighted by molar-refractivity contribution is 7.91. The van der Waals surface area contributed by atoms with Crippen LogP contribution in [0.5, 0.6) is 0 Å². The summed E-state index contributed by atoms with van der Waals surface area (Å²) < 4.78 is 34.9. The van der Waals surface area contributed by atoms with Crippen molar-refractivity contribution in [2.24, 2.45) is 5.10 Å². The van der Waals surface area contributed by atoms with Crippen LogP contribution in [0.1, 0.15) is 15.4 Å². The molecule has 0 aliphatic rings. The summed E-state index contributed by atoms with van der Waals surface area (Å²) in [6, 6.07) is 6.09. The smallest absolute Gasteiger partial charge is 0.350 e. The fraction of sp³-hybridized carbons (Fsp3) is 0.143. The molecule has 0 spiro atoms. The van der Waals surface area contributed by atoms with Crippen LogP contribution in [0.25, 0.3) is 0 Å². The van der Waals surface area contributed by atoms with Gasteiger partial charge in [-0.3, -0.25) is 5.43 Å². The van der Waals surface area contributed by atoms with Crippen LogP contribution in [0.15, 0.2) is 38.2 Å². The summed E-state index contributed by atoms with van der Waals surface area (Å²) in [4.78, 5) is 11.6. The molecule has 0 fully saturated rings. The van der Waals surface area contributed by atoms with Crippen molar-refractivity contribution in [2.45, 2.75) is 10.6 Å². The number of methoxy groups -OCH3 is 1. The third-order valence-corrected chi connectivity index (χ3v) is 5.63. The van der Waals surface area contributed by atoms with Crippen molar-refractivity contribution in [1.29, 1.82) is 10.5 Å². The van der Waals surface area contributed by atoms with Crippen LogP contribution in [0.2, 0.25) is 0 Å². The van der Waals surface area contributed by atoms with Gasteiger partial charge < -0.3 is 9.15 Å². The van der Waals surface area contributed by atoms with Crippen molar-refractivity contribution in [3.8, 4) is 12.1 Å². The Morgan fingerprint density at radius 2 is 2.16 bits per heavy atom. The van der Waals surface area contributed by atoms with Crippen LogP contribution < -0.4 is 5.43 Å². The van der Waals surface area contributed by atoms with E-state index in [9.17, 15) is 13.2 Å². The van der Waals surface area contributed by atoms with Crippen LogP contribution in [-0.4, -0.2) is 27.2 Å². The van der Waals surface area contributed by atoms with Gasteiger partial charge >= 0.3 is 5.97 Å². The predicted molar refractivity (Wildman–Crippen MR) is 87.5 cm³/mol. The topological polar surface area (TPSA) is 146 Å². The van der Waals surface area contributed by atoms with Gasteiger partial charge in [0.1, 0.15) is 39.1 Å². The van der Waals surface area contributed by atoms with Crippen LogP contribution in [0.3, 0.4) is 0 Å².